The molecule has 4 rings (SSSR count). The van der Waals surface area contributed by atoms with E-state index in [4.69, 9.17) is 0 Å². The molecule has 2 heterocycles. The maximum Gasteiger partial charge on any atom is 0.236 e. The maximum atomic E-state index is 12.9. The molecule has 0 radical (unpaired) electrons. The van der Waals surface area contributed by atoms with Gasteiger partial charge in [-0.15, -0.1) is 0 Å². The summed E-state index contributed by atoms with van der Waals surface area (Å²) >= 11 is 0. The molecule has 30 heavy (non-hydrogen) atoms. The summed E-state index contributed by atoms with van der Waals surface area (Å²) < 4.78 is 29.0. The lowest BCUT2D eigenvalue weighted by Crippen LogP contribution is -2.49. The monoisotopic (exact) mass is 427 g/mol. The van der Waals surface area contributed by atoms with Crippen LogP contribution in [0.1, 0.15) is 46.2 Å². The van der Waals surface area contributed by atoms with E-state index in [1.807, 2.05) is 43.3 Å². The molecule has 0 bridgehead atoms. The van der Waals surface area contributed by atoms with Crippen molar-refractivity contribution in [2.24, 2.45) is 0 Å². The molecule has 1 saturated carbocycles. The summed E-state index contributed by atoms with van der Waals surface area (Å²) in [5.41, 5.74) is 3.88. The Morgan fingerprint density at radius 2 is 1.73 bits per heavy atom. The van der Waals surface area contributed by atoms with Crippen molar-refractivity contribution in [3.63, 3.8) is 0 Å². The van der Waals surface area contributed by atoms with Gasteiger partial charge in [0.1, 0.15) is 0 Å². The number of aromatic nitrogens is 1. The van der Waals surface area contributed by atoms with E-state index in [0.717, 1.165) is 22.5 Å². The van der Waals surface area contributed by atoms with Gasteiger partial charge in [0.05, 0.1) is 6.54 Å². The third-order valence-electron chi connectivity index (χ3n) is 5.99. The summed E-state index contributed by atoms with van der Waals surface area (Å²) in [4.78, 5) is 14.9. The van der Waals surface area contributed by atoms with Crippen molar-refractivity contribution in [1.29, 1.82) is 0 Å². The molecule has 2 aliphatic rings. The lowest BCUT2D eigenvalue weighted by Gasteiger charge is -2.32. The molecule has 0 unspecified atom stereocenters. The van der Waals surface area contributed by atoms with Crippen LogP contribution in [-0.4, -0.2) is 60.7 Å². The van der Waals surface area contributed by atoms with Crippen LogP contribution < -0.4 is 0 Å². The average Bonchev–Trinajstić information content (AvgIpc) is 3.52. The fraction of sp³-hybridized carbons (Fsp3) is 0.435. The van der Waals surface area contributed by atoms with E-state index in [2.05, 4.69) is 16.4 Å². The third kappa shape index (κ3) is 4.58. The summed E-state index contributed by atoms with van der Waals surface area (Å²) in [5, 5.41) is 1.27. The van der Waals surface area contributed by atoms with Crippen LogP contribution >= 0.6 is 0 Å². The average molecular weight is 428 g/mol. The van der Waals surface area contributed by atoms with Gasteiger partial charge in [-0.05, 0) is 44.4 Å². The van der Waals surface area contributed by atoms with E-state index >= 15 is 0 Å². The normalized spacial score (nSPS) is 18.9. The molecule has 6 nitrogen and oxygen atoms in total. The fourth-order valence-corrected chi connectivity index (χ4v) is 5.37. The first-order valence-electron chi connectivity index (χ1n) is 10.5. The van der Waals surface area contributed by atoms with E-state index < -0.39 is 10.0 Å². The number of Topliss-reactive ketones (excluding diaryl/α,β-unsaturated/α-hetero) is 1. The molecule has 1 aliphatic carbocycles. The van der Waals surface area contributed by atoms with Gasteiger partial charge in [0.15, 0.2) is 5.78 Å². The van der Waals surface area contributed by atoms with E-state index in [1.54, 1.807) is 6.08 Å². The molecule has 160 valence electrons. The molecule has 0 atom stereocenters. The summed E-state index contributed by atoms with van der Waals surface area (Å²) in [6.07, 6.45) is 4.01. The number of hydrogen-bond acceptors (Lipinski definition) is 4. The predicted octanol–water partition coefficient (Wildman–Crippen LogP) is 3.24. The molecule has 0 N–H and O–H groups in total. The molecule has 0 spiro atoms. The molecular formula is C23H29N3O3S. The SMILES string of the molecule is Cc1cc(C(=O)CN2CCN(S(=O)(=O)C=Cc3ccccc3)CC2)c(C)n1C1CC1. The van der Waals surface area contributed by atoms with Crippen molar-refractivity contribution in [3.8, 4) is 0 Å². The van der Waals surface area contributed by atoms with Crippen molar-refractivity contribution >= 4 is 21.9 Å². The van der Waals surface area contributed by atoms with E-state index in [0.29, 0.717) is 38.8 Å². The van der Waals surface area contributed by atoms with E-state index in [-0.39, 0.29) is 5.78 Å². The van der Waals surface area contributed by atoms with Crippen molar-refractivity contribution < 1.29 is 13.2 Å². The Balaban J connectivity index is 1.34. The largest absolute Gasteiger partial charge is 0.345 e. The molecule has 1 saturated heterocycles. The number of carbonyl (C=O) groups is 1. The highest BCUT2D eigenvalue weighted by atomic mass is 32.2. The second kappa shape index (κ2) is 8.49. The first kappa shape index (κ1) is 21.0. The van der Waals surface area contributed by atoms with Gasteiger partial charge in [-0.3, -0.25) is 9.69 Å². The van der Waals surface area contributed by atoms with Crippen LogP contribution in [0.5, 0.6) is 0 Å². The van der Waals surface area contributed by atoms with Crippen molar-refractivity contribution in [1.82, 2.24) is 13.8 Å². The summed E-state index contributed by atoms with van der Waals surface area (Å²) in [6, 6.07) is 12.0. The van der Waals surface area contributed by atoms with Crippen LogP contribution in [0.15, 0.2) is 41.8 Å². The van der Waals surface area contributed by atoms with Crippen LogP contribution in [0.25, 0.3) is 6.08 Å². The van der Waals surface area contributed by atoms with Gasteiger partial charge in [0.2, 0.25) is 10.0 Å². The van der Waals surface area contributed by atoms with Crippen molar-refractivity contribution in [2.45, 2.75) is 32.7 Å². The Hall–Kier alpha value is -2.22. The Morgan fingerprint density at radius 1 is 1.07 bits per heavy atom. The van der Waals surface area contributed by atoms with E-state index in [9.17, 15) is 13.2 Å². The Morgan fingerprint density at radius 3 is 2.37 bits per heavy atom. The zero-order valence-electron chi connectivity index (χ0n) is 17.6. The van der Waals surface area contributed by atoms with Gasteiger partial charge in [0.25, 0.3) is 0 Å². The quantitative estimate of drug-likeness (QED) is 0.637. The third-order valence-corrected chi connectivity index (χ3v) is 7.55. The number of rotatable bonds is 7. The highest BCUT2D eigenvalue weighted by Gasteiger charge is 2.30. The van der Waals surface area contributed by atoms with E-state index in [1.165, 1.54) is 22.6 Å². The number of hydrogen-bond donors (Lipinski definition) is 0. The molecule has 0 amide bonds. The van der Waals surface area contributed by atoms with Crippen LogP contribution in [0, 0.1) is 13.8 Å². The second-order valence-electron chi connectivity index (χ2n) is 8.24. The number of aryl methyl sites for hydroxylation is 1. The minimum Gasteiger partial charge on any atom is -0.345 e. The number of sulfonamides is 1. The highest BCUT2D eigenvalue weighted by Crippen LogP contribution is 2.38. The standard InChI is InChI=1S/C23H29N3O3S/c1-18-16-22(19(2)26(18)21-8-9-21)23(27)17-24-11-13-25(14-12-24)30(28,29)15-10-20-6-4-3-5-7-20/h3-7,10,15-16,21H,8-9,11-14,17H2,1-2H3. The molecule has 1 aliphatic heterocycles. The minimum atomic E-state index is -3.46. The topological polar surface area (TPSA) is 62.6 Å². The van der Waals surface area contributed by atoms with Gasteiger partial charge < -0.3 is 4.57 Å². The number of ketones is 1. The molecular weight excluding hydrogens is 398 g/mol. The Kier molecular flexibility index (Phi) is 5.95. The molecule has 1 aromatic heterocycles. The van der Waals surface area contributed by atoms with Crippen molar-refractivity contribution in [3.05, 3.63) is 64.3 Å². The predicted molar refractivity (Wildman–Crippen MR) is 119 cm³/mol. The lowest BCUT2D eigenvalue weighted by molar-refractivity contribution is 0.0901. The minimum absolute atomic E-state index is 0.121. The molecule has 7 heteroatoms. The number of nitrogens with zero attached hydrogens (tertiary/aromatic N) is 3. The number of benzene rings is 1. The van der Waals surface area contributed by atoms with Gasteiger partial charge in [-0.2, -0.15) is 4.31 Å². The van der Waals surface area contributed by atoms with Crippen LogP contribution in [-0.2, 0) is 10.0 Å². The lowest BCUT2D eigenvalue weighted by atomic mass is 10.1. The summed E-state index contributed by atoms with van der Waals surface area (Å²) in [5.74, 6) is 0.121. The first-order valence-corrected chi connectivity index (χ1v) is 12.0. The smallest absolute Gasteiger partial charge is 0.236 e. The van der Waals surface area contributed by atoms with Crippen molar-refractivity contribution in [2.75, 3.05) is 32.7 Å². The first-order chi connectivity index (χ1) is 14.3. The Bertz CT molecular complexity index is 1040. The fourth-order valence-electron chi connectivity index (χ4n) is 4.20. The second-order valence-corrected chi connectivity index (χ2v) is 10.1. The van der Waals surface area contributed by atoms with Gasteiger partial charge in [-0.1, -0.05) is 30.3 Å². The molecule has 1 aromatic carbocycles. The zero-order valence-corrected chi connectivity index (χ0v) is 18.4. The Labute approximate surface area is 178 Å². The maximum absolute atomic E-state index is 12.9. The molecule has 2 fully saturated rings. The van der Waals surface area contributed by atoms with Crippen LogP contribution in [0.2, 0.25) is 0 Å². The highest BCUT2D eigenvalue weighted by molar-refractivity contribution is 7.92. The summed E-state index contributed by atoms with van der Waals surface area (Å²) in [6.45, 7) is 6.35. The van der Waals surface area contributed by atoms with Gasteiger partial charge >= 0.3 is 0 Å². The van der Waals surface area contributed by atoms with Crippen LogP contribution in [0.4, 0.5) is 0 Å². The van der Waals surface area contributed by atoms with Gasteiger partial charge in [-0.25, -0.2) is 8.42 Å². The van der Waals surface area contributed by atoms with Crippen LogP contribution in [0.3, 0.4) is 0 Å². The summed E-state index contributed by atoms with van der Waals surface area (Å²) in [7, 11) is -3.46. The number of carbonyl (C=O) groups excluding carboxylic acids is 1. The molecule has 2 aromatic rings. The van der Waals surface area contributed by atoms with Gasteiger partial charge in [0, 0.05) is 54.6 Å². The number of piperazine rings is 1. The zero-order chi connectivity index (χ0) is 21.3.